The molecule has 0 radical (unpaired) electrons. The van der Waals surface area contributed by atoms with E-state index < -0.39 is 11.7 Å². The minimum absolute atomic E-state index is 0.0675. The number of carbonyl (C=O) groups is 1. The Bertz CT molecular complexity index is 728. The molecule has 4 heteroatoms. The van der Waals surface area contributed by atoms with Crippen molar-refractivity contribution in [3.63, 3.8) is 0 Å². The van der Waals surface area contributed by atoms with Crippen LogP contribution in [-0.2, 0) is 10.3 Å². The lowest BCUT2D eigenvalue weighted by Crippen LogP contribution is -2.50. The Labute approximate surface area is 142 Å². The van der Waals surface area contributed by atoms with E-state index in [9.17, 15) is 9.18 Å². The topological polar surface area (TPSA) is 32.3 Å². The third-order valence-corrected chi connectivity index (χ3v) is 4.85. The Kier molecular flexibility index (Phi) is 4.59. The zero-order valence-electron chi connectivity index (χ0n) is 14.6. The molecule has 2 aromatic rings. The molecule has 0 bridgehead atoms. The van der Waals surface area contributed by atoms with E-state index in [0.717, 1.165) is 16.3 Å². The Balaban J connectivity index is 1.83. The van der Waals surface area contributed by atoms with Crippen molar-refractivity contribution in [2.24, 2.45) is 5.92 Å². The van der Waals surface area contributed by atoms with Crippen molar-refractivity contribution in [1.82, 2.24) is 10.2 Å². The summed E-state index contributed by atoms with van der Waals surface area (Å²) in [7, 11) is 1.86. The Hall–Kier alpha value is -1.94. The van der Waals surface area contributed by atoms with Crippen LogP contribution in [-0.4, -0.2) is 37.1 Å². The van der Waals surface area contributed by atoms with Gasteiger partial charge in [-0.3, -0.25) is 4.79 Å². The summed E-state index contributed by atoms with van der Waals surface area (Å²) in [6, 6.07) is 14.3. The van der Waals surface area contributed by atoms with Crippen LogP contribution in [0.4, 0.5) is 4.39 Å². The quantitative estimate of drug-likeness (QED) is 0.935. The highest BCUT2D eigenvalue weighted by Crippen LogP contribution is 2.29. The molecule has 3 nitrogen and oxygen atoms in total. The Morgan fingerprint density at radius 2 is 1.88 bits per heavy atom. The van der Waals surface area contributed by atoms with Crippen molar-refractivity contribution in [1.29, 1.82) is 0 Å². The normalized spacial score (nSPS) is 22.5. The van der Waals surface area contributed by atoms with E-state index in [-0.39, 0.29) is 11.8 Å². The molecule has 128 valence electrons. The summed E-state index contributed by atoms with van der Waals surface area (Å²) in [5.41, 5.74) is 0.565. The molecule has 0 aromatic heterocycles. The average molecular weight is 328 g/mol. The molecule has 1 saturated heterocycles. The monoisotopic (exact) mass is 328 g/mol. The van der Waals surface area contributed by atoms with E-state index in [1.807, 2.05) is 50.1 Å². The van der Waals surface area contributed by atoms with Gasteiger partial charge in [0.25, 0.3) is 0 Å². The van der Waals surface area contributed by atoms with E-state index >= 15 is 0 Å². The fourth-order valence-electron chi connectivity index (χ4n) is 3.68. The van der Waals surface area contributed by atoms with Crippen LogP contribution >= 0.6 is 0 Å². The third kappa shape index (κ3) is 3.44. The number of rotatable bonds is 3. The number of halogens is 1. The number of benzene rings is 2. The Morgan fingerprint density at radius 3 is 2.62 bits per heavy atom. The molecule has 0 spiro atoms. The predicted molar refractivity (Wildman–Crippen MR) is 95.6 cm³/mol. The predicted octanol–water partition coefficient (Wildman–Crippen LogP) is 3.48. The van der Waals surface area contributed by atoms with Gasteiger partial charge in [-0.1, -0.05) is 42.5 Å². The molecule has 1 amide bonds. The van der Waals surface area contributed by atoms with Gasteiger partial charge in [-0.25, -0.2) is 4.39 Å². The summed E-state index contributed by atoms with van der Waals surface area (Å²) in [6.45, 7) is 5.03. The van der Waals surface area contributed by atoms with Gasteiger partial charge in [-0.15, -0.1) is 0 Å². The van der Waals surface area contributed by atoms with Crippen LogP contribution in [0.3, 0.4) is 0 Å². The number of hydrogen-bond donors (Lipinski definition) is 1. The maximum absolute atomic E-state index is 13.8. The van der Waals surface area contributed by atoms with Crippen molar-refractivity contribution >= 4 is 16.7 Å². The number of likely N-dealkylation sites (tertiary alicyclic amines) is 1. The van der Waals surface area contributed by atoms with Gasteiger partial charge < -0.3 is 10.2 Å². The number of piperidine rings is 1. The molecule has 1 aliphatic heterocycles. The standard InChI is InChI=1S/C20H25FN2O/c1-20(2,18-10-6-8-14-7-4-5-9-17(14)18)22-19(24)15-11-16(21)13-23(3)12-15/h4-10,15-16H,11-13H2,1-3H3,(H,22,24). The van der Waals surface area contributed by atoms with Crippen LogP contribution in [0.5, 0.6) is 0 Å². The highest BCUT2D eigenvalue weighted by molar-refractivity contribution is 5.88. The van der Waals surface area contributed by atoms with Crippen LogP contribution < -0.4 is 5.32 Å². The second-order valence-electron chi connectivity index (χ2n) is 7.39. The first kappa shape index (κ1) is 16.9. The lowest BCUT2D eigenvalue weighted by molar-refractivity contribution is -0.129. The van der Waals surface area contributed by atoms with Gasteiger partial charge in [-0.05, 0) is 43.7 Å². The van der Waals surface area contributed by atoms with Crippen molar-refractivity contribution in [3.05, 3.63) is 48.0 Å². The minimum atomic E-state index is -0.930. The molecule has 0 aliphatic carbocycles. The van der Waals surface area contributed by atoms with E-state index in [1.54, 1.807) is 0 Å². The lowest BCUT2D eigenvalue weighted by atomic mass is 9.88. The van der Waals surface area contributed by atoms with Crippen LogP contribution in [0.2, 0.25) is 0 Å². The molecule has 2 atom stereocenters. The highest BCUT2D eigenvalue weighted by atomic mass is 19.1. The SMILES string of the molecule is CN1CC(F)CC(C(=O)NC(C)(C)c2cccc3ccccc23)C1. The first-order chi connectivity index (χ1) is 11.4. The number of nitrogens with zero attached hydrogens (tertiary/aromatic N) is 1. The van der Waals surface area contributed by atoms with E-state index in [4.69, 9.17) is 0 Å². The number of amides is 1. The van der Waals surface area contributed by atoms with E-state index in [1.165, 1.54) is 0 Å². The second kappa shape index (κ2) is 6.52. The summed E-state index contributed by atoms with van der Waals surface area (Å²) in [6.07, 6.45) is -0.623. The molecule has 1 fully saturated rings. The van der Waals surface area contributed by atoms with E-state index in [0.29, 0.717) is 19.5 Å². The molecule has 3 rings (SSSR count). The largest absolute Gasteiger partial charge is 0.347 e. The first-order valence-corrected chi connectivity index (χ1v) is 8.50. The molecular weight excluding hydrogens is 303 g/mol. The molecule has 1 N–H and O–H groups in total. The first-order valence-electron chi connectivity index (χ1n) is 8.50. The van der Waals surface area contributed by atoms with Gasteiger partial charge >= 0.3 is 0 Å². The van der Waals surface area contributed by atoms with Gasteiger partial charge in [0, 0.05) is 13.1 Å². The molecular formula is C20H25FN2O. The van der Waals surface area contributed by atoms with Gasteiger partial charge in [0.1, 0.15) is 6.17 Å². The Morgan fingerprint density at radius 1 is 1.17 bits per heavy atom. The van der Waals surface area contributed by atoms with Crippen molar-refractivity contribution in [2.45, 2.75) is 32.0 Å². The number of hydrogen-bond acceptors (Lipinski definition) is 2. The number of carbonyl (C=O) groups excluding carboxylic acids is 1. The minimum Gasteiger partial charge on any atom is -0.347 e. The summed E-state index contributed by atoms with van der Waals surface area (Å²) in [5.74, 6) is -0.366. The zero-order valence-corrected chi connectivity index (χ0v) is 14.6. The fourth-order valence-corrected chi connectivity index (χ4v) is 3.68. The second-order valence-corrected chi connectivity index (χ2v) is 7.39. The van der Waals surface area contributed by atoms with Gasteiger partial charge in [0.15, 0.2) is 0 Å². The molecule has 1 aliphatic rings. The molecule has 2 aromatic carbocycles. The molecule has 24 heavy (non-hydrogen) atoms. The molecule has 1 heterocycles. The van der Waals surface area contributed by atoms with Crippen molar-refractivity contribution < 1.29 is 9.18 Å². The summed E-state index contributed by atoms with van der Waals surface area (Å²) < 4.78 is 13.8. The summed E-state index contributed by atoms with van der Waals surface area (Å²) >= 11 is 0. The average Bonchev–Trinajstić information content (AvgIpc) is 2.53. The number of alkyl halides is 1. The van der Waals surface area contributed by atoms with Crippen LogP contribution in [0.25, 0.3) is 10.8 Å². The molecule has 2 unspecified atom stereocenters. The van der Waals surface area contributed by atoms with Gasteiger partial charge in [-0.2, -0.15) is 0 Å². The smallest absolute Gasteiger partial charge is 0.225 e. The third-order valence-electron chi connectivity index (χ3n) is 4.85. The zero-order chi connectivity index (χ0) is 17.3. The lowest BCUT2D eigenvalue weighted by Gasteiger charge is -2.35. The summed E-state index contributed by atoms with van der Waals surface area (Å²) in [5, 5.41) is 5.43. The van der Waals surface area contributed by atoms with E-state index in [2.05, 4.69) is 23.5 Å². The maximum atomic E-state index is 13.8. The van der Waals surface area contributed by atoms with Gasteiger partial charge in [0.05, 0.1) is 11.5 Å². The van der Waals surface area contributed by atoms with Crippen molar-refractivity contribution in [2.75, 3.05) is 20.1 Å². The van der Waals surface area contributed by atoms with Crippen LogP contribution in [0.1, 0.15) is 25.8 Å². The van der Waals surface area contributed by atoms with Crippen molar-refractivity contribution in [3.8, 4) is 0 Å². The maximum Gasteiger partial charge on any atom is 0.225 e. The molecule has 0 saturated carbocycles. The van der Waals surface area contributed by atoms with Crippen LogP contribution in [0.15, 0.2) is 42.5 Å². The van der Waals surface area contributed by atoms with Crippen LogP contribution in [0, 0.1) is 5.92 Å². The van der Waals surface area contributed by atoms with Gasteiger partial charge in [0.2, 0.25) is 5.91 Å². The summed E-state index contributed by atoms with van der Waals surface area (Å²) in [4.78, 5) is 14.6. The highest BCUT2D eigenvalue weighted by Gasteiger charge is 2.33. The number of fused-ring (bicyclic) bond motifs is 1. The fraction of sp³-hybridized carbons (Fsp3) is 0.450. The number of nitrogens with one attached hydrogen (secondary N) is 1.